The summed E-state index contributed by atoms with van der Waals surface area (Å²) < 4.78 is 35.9. The average Bonchev–Trinajstić information content (AvgIpc) is 3.24. The molecular formula is C17H17F2N5O3S. The molecule has 0 radical (unpaired) electrons. The minimum Gasteiger partial charge on any atom is -0.435 e. The first kappa shape index (κ1) is 19.8. The largest absolute Gasteiger partial charge is 0.435 e. The van der Waals surface area contributed by atoms with Gasteiger partial charge in [-0.3, -0.25) is 9.48 Å². The fourth-order valence-electron chi connectivity index (χ4n) is 2.32. The standard InChI is InChI=1S/C17H17F2N5O3S/c1-10-7-12(26-16(18)19)3-4-13(10)20-14(25)9-28-17-22-21-15(27-17)8-24-6-5-11(2)23-24/h3-7,16H,8-9H2,1-2H3,(H,20,25). The second-order valence-electron chi connectivity index (χ2n) is 5.81. The fraction of sp³-hybridized carbons (Fsp3) is 0.294. The molecule has 0 aliphatic heterocycles. The Balaban J connectivity index is 1.50. The third-order valence-corrected chi connectivity index (χ3v) is 4.36. The normalized spacial score (nSPS) is 11.0. The van der Waals surface area contributed by atoms with E-state index in [-0.39, 0.29) is 22.6 Å². The van der Waals surface area contributed by atoms with Crippen molar-refractivity contribution in [1.82, 2.24) is 20.0 Å². The summed E-state index contributed by atoms with van der Waals surface area (Å²) in [6, 6.07) is 6.16. The Morgan fingerprint density at radius 2 is 2.14 bits per heavy atom. The highest BCUT2D eigenvalue weighted by molar-refractivity contribution is 7.99. The van der Waals surface area contributed by atoms with Gasteiger partial charge in [-0.2, -0.15) is 13.9 Å². The topological polar surface area (TPSA) is 95.1 Å². The molecule has 1 amide bonds. The smallest absolute Gasteiger partial charge is 0.387 e. The zero-order valence-electron chi connectivity index (χ0n) is 15.1. The molecule has 0 bridgehead atoms. The van der Waals surface area contributed by atoms with E-state index in [1.54, 1.807) is 17.8 Å². The quantitative estimate of drug-likeness (QED) is 0.571. The molecule has 8 nitrogen and oxygen atoms in total. The third kappa shape index (κ3) is 5.52. The highest BCUT2D eigenvalue weighted by Gasteiger charge is 2.12. The zero-order chi connectivity index (χ0) is 20.1. The fourth-order valence-corrected chi connectivity index (χ4v) is 2.90. The number of carbonyl (C=O) groups is 1. The van der Waals surface area contributed by atoms with Crippen LogP contribution in [0.15, 0.2) is 40.1 Å². The number of alkyl halides is 2. The SMILES string of the molecule is Cc1ccn(Cc2nnc(SCC(=O)Nc3ccc(OC(F)F)cc3C)o2)n1. The second kappa shape index (κ2) is 8.83. The zero-order valence-corrected chi connectivity index (χ0v) is 15.9. The number of halogens is 2. The van der Waals surface area contributed by atoms with Gasteiger partial charge < -0.3 is 14.5 Å². The Hall–Kier alpha value is -2.95. The number of rotatable bonds is 8. The summed E-state index contributed by atoms with van der Waals surface area (Å²) in [6.07, 6.45) is 1.81. The minimum atomic E-state index is -2.90. The molecule has 0 spiro atoms. The van der Waals surface area contributed by atoms with Gasteiger partial charge in [0.05, 0.1) is 11.4 Å². The van der Waals surface area contributed by atoms with Gasteiger partial charge in [0.2, 0.25) is 11.8 Å². The molecule has 1 aromatic carbocycles. The van der Waals surface area contributed by atoms with Crippen molar-refractivity contribution >= 4 is 23.4 Å². The maximum absolute atomic E-state index is 12.2. The van der Waals surface area contributed by atoms with Crippen molar-refractivity contribution in [2.75, 3.05) is 11.1 Å². The number of aromatic nitrogens is 4. The van der Waals surface area contributed by atoms with Crippen LogP contribution in [0.4, 0.5) is 14.5 Å². The van der Waals surface area contributed by atoms with Crippen molar-refractivity contribution in [1.29, 1.82) is 0 Å². The first-order valence-corrected chi connectivity index (χ1v) is 9.18. The summed E-state index contributed by atoms with van der Waals surface area (Å²) in [7, 11) is 0. The van der Waals surface area contributed by atoms with Crippen molar-refractivity contribution in [3.05, 3.63) is 47.6 Å². The van der Waals surface area contributed by atoms with Gasteiger partial charge in [0.1, 0.15) is 12.3 Å². The van der Waals surface area contributed by atoms with Crippen LogP contribution in [0.25, 0.3) is 0 Å². The average molecular weight is 409 g/mol. The monoisotopic (exact) mass is 409 g/mol. The van der Waals surface area contributed by atoms with Crippen molar-refractivity contribution in [2.45, 2.75) is 32.2 Å². The van der Waals surface area contributed by atoms with Crippen LogP contribution in [0.3, 0.4) is 0 Å². The number of anilines is 1. The molecular weight excluding hydrogens is 392 g/mol. The lowest BCUT2D eigenvalue weighted by Crippen LogP contribution is -2.15. The molecule has 0 aliphatic carbocycles. The van der Waals surface area contributed by atoms with Crippen LogP contribution in [0, 0.1) is 13.8 Å². The number of amides is 1. The van der Waals surface area contributed by atoms with E-state index < -0.39 is 6.61 Å². The van der Waals surface area contributed by atoms with E-state index in [1.807, 2.05) is 13.0 Å². The third-order valence-electron chi connectivity index (χ3n) is 3.54. The number of nitrogens with zero attached hydrogens (tertiary/aromatic N) is 4. The van der Waals surface area contributed by atoms with Crippen LogP contribution in [0.2, 0.25) is 0 Å². The minimum absolute atomic E-state index is 0.0330. The molecule has 28 heavy (non-hydrogen) atoms. The summed E-state index contributed by atoms with van der Waals surface area (Å²) in [4.78, 5) is 12.1. The maximum atomic E-state index is 12.2. The first-order valence-electron chi connectivity index (χ1n) is 8.19. The summed E-state index contributed by atoms with van der Waals surface area (Å²) in [5.41, 5.74) is 1.99. The number of hydrogen-bond acceptors (Lipinski definition) is 7. The molecule has 148 valence electrons. The van der Waals surface area contributed by atoms with E-state index in [1.165, 1.54) is 18.2 Å². The Kier molecular flexibility index (Phi) is 6.24. The highest BCUT2D eigenvalue weighted by atomic mass is 32.2. The summed E-state index contributed by atoms with van der Waals surface area (Å²) in [5, 5.41) is 15.0. The van der Waals surface area contributed by atoms with E-state index in [4.69, 9.17) is 4.42 Å². The van der Waals surface area contributed by atoms with Crippen LogP contribution >= 0.6 is 11.8 Å². The van der Waals surface area contributed by atoms with Crippen LogP contribution in [-0.2, 0) is 11.3 Å². The molecule has 1 N–H and O–H groups in total. The maximum Gasteiger partial charge on any atom is 0.387 e. The molecule has 0 atom stereocenters. The molecule has 0 unspecified atom stereocenters. The number of benzene rings is 1. The van der Waals surface area contributed by atoms with Gasteiger partial charge in [-0.15, -0.1) is 10.2 Å². The molecule has 2 aromatic heterocycles. The molecule has 0 aliphatic rings. The van der Waals surface area contributed by atoms with E-state index in [0.29, 0.717) is 23.7 Å². The van der Waals surface area contributed by atoms with E-state index in [0.717, 1.165) is 17.5 Å². The number of hydrogen-bond donors (Lipinski definition) is 1. The van der Waals surface area contributed by atoms with Crippen LogP contribution in [0.1, 0.15) is 17.1 Å². The van der Waals surface area contributed by atoms with Crippen molar-refractivity contribution in [3.8, 4) is 5.75 Å². The van der Waals surface area contributed by atoms with E-state index >= 15 is 0 Å². The van der Waals surface area contributed by atoms with Crippen LogP contribution < -0.4 is 10.1 Å². The van der Waals surface area contributed by atoms with Crippen LogP contribution in [-0.4, -0.2) is 38.2 Å². The molecule has 11 heteroatoms. The molecule has 0 saturated heterocycles. The molecule has 0 saturated carbocycles. The summed E-state index contributed by atoms with van der Waals surface area (Å²) >= 11 is 1.10. The molecule has 2 heterocycles. The number of aryl methyl sites for hydroxylation is 2. The number of thioether (sulfide) groups is 1. The van der Waals surface area contributed by atoms with E-state index in [9.17, 15) is 13.6 Å². The highest BCUT2D eigenvalue weighted by Crippen LogP contribution is 2.23. The lowest BCUT2D eigenvalue weighted by molar-refractivity contribution is -0.113. The Labute approximate surface area is 163 Å². The van der Waals surface area contributed by atoms with Gasteiger partial charge in [0, 0.05) is 11.9 Å². The van der Waals surface area contributed by atoms with Gasteiger partial charge in [-0.05, 0) is 43.7 Å². The lowest BCUT2D eigenvalue weighted by atomic mass is 10.2. The Morgan fingerprint density at radius 3 is 2.82 bits per heavy atom. The number of nitrogens with one attached hydrogen (secondary N) is 1. The van der Waals surface area contributed by atoms with Crippen molar-refractivity contribution < 1.29 is 22.7 Å². The van der Waals surface area contributed by atoms with E-state index in [2.05, 4.69) is 25.3 Å². The van der Waals surface area contributed by atoms with Gasteiger partial charge in [0.15, 0.2) is 0 Å². The van der Waals surface area contributed by atoms with Gasteiger partial charge >= 0.3 is 6.61 Å². The summed E-state index contributed by atoms with van der Waals surface area (Å²) in [6.45, 7) is 1.01. The molecule has 0 fully saturated rings. The predicted octanol–water partition coefficient (Wildman–Crippen LogP) is 3.26. The van der Waals surface area contributed by atoms with Crippen molar-refractivity contribution in [2.24, 2.45) is 0 Å². The molecule has 3 aromatic rings. The Morgan fingerprint density at radius 1 is 1.32 bits per heavy atom. The van der Waals surface area contributed by atoms with Gasteiger partial charge in [-0.1, -0.05) is 11.8 Å². The lowest BCUT2D eigenvalue weighted by Gasteiger charge is -2.10. The number of carbonyl (C=O) groups excluding carboxylic acids is 1. The van der Waals surface area contributed by atoms with Gasteiger partial charge in [0.25, 0.3) is 5.22 Å². The molecule has 3 rings (SSSR count). The van der Waals surface area contributed by atoms with Crippen LogP contribution in [0.5, 0.6) is 5.75 Å². The number of ether oxygens (including phenoxy) is 1. The second-order valence-corrected chi connectivity index (χ2v) is 6.74. The first-order chi connectivity index (χ1) is 13.4. The van der Waals surface area contributed by atoms with Crippen molar-refractivity contribution in [3.63, 3.8) is 0 Å². The Bertz CT molecular complexity index is 960. The predicted molar refractivity (Wildman–Crippen MR) is 97.5 cm³/mol. The van der Waals surface area contributed by atoms with Gasteiger partial charge in [-0.25, -0.2) is 0 Å². The summed E-state index contributed by atoms with van der Waals surface area (Å²) in [5.74, 6) is 0.178.